The lowest BCUT2D eigenvalue weighted by molar-refractivity contribution is 0.469. The van der Waals surface area contributed by atoms with Crippen molar-refractivity contribution in [3.8, 4) is 11.5 Å². The van der Waals surface area contributed by atoms with Crippen LogP contribution < -0.4 is 0 Å². The van der Waals surface area contributed by atoms with Gasteiger partial charge in [0.15, 0.2) is 0 Å². The Bertz CT molecular complexity index is 1150. The Morgan fingerprint density at radius 2 is 1.08 bits per heavy atom. The van der Waals surface area contributed by atoms with Gasteiger partial charge in [-0.2, -0.15) is 0 Å². The quantitative estimate of drug-likeness (QED) is 0.284. The topological polar surface area (TPSA) is 65.2 Å². The first-order chi connectivity index (χ1) is 17.1. The lowest BCUT2D eigenvalue weighted by atomic mass is 9.98. The molecule has 0 bridgehead atoms. The first-order valence-corrected chi connectivity index (χ1v) is 13.0. The molecule has 0 saturated heterocycles. The van der Waals surface area contributed by atoms with Crippen LogP contribution in [0.5, 0.6) is 11.5 Å². The molecule has 0 aromatic heterocycles. The molecule has 4 heteroatoms. The molecule has 36 heavy (non-hydrogen) atoms. The van der Waals surface area contributed by atoms with Crippen molar-refractivity contribution in [2.24, 2.45) is 21.8 Å². The molecule has 2 N–H and O–H groups in total. The molecule has 0 fully saturated rings. The third-order valence-corrected chi connectivity index (χ3v) is 6.34. The minimum Gasteiger partial charge on any atom is -0.507 e. The van der Waals surface area contributed by atoms with Gasteiger partial charge in [0.2, 0.25) is 0 Å². The van der Waals surface area contributed by atoms with E-state index >= 15 is 0 Å². The van der Waals surface area contributed by atoms with E-state index in [1.54, 1.807) is 12.4 Å². The number of phenols is 2. The lowest BCUT2D eigenvalue weighted by Gasteiger charge is -2.10. The SMILES string of the molecule is Cc1cc(CCC(C)C)cc(C=Nc2cccc(N=Cc3cc(CCC(C)C)cc(C)c3O)c2)c1O. The maximum atomic E-state index is 10.5. The first-order valence-electron chi connectivity index (χ1n) is 13.0. The van der Waals surface area contributed by atoms with E-state index in [4.69, 9.17) is 0 Å². The molecule has 0 heterocycles. The summed E-state index contributed by atoms with van der Waals surface area (Å²) in [6.07, 6.45) is 7.62. The molecule has 4 nitrogen and oxygen atoms in total. The molecular formula is C32H40N2O2. The third-order valence-electron chi connectivity index (χ3n) is 6.34. The van der Waals surface area contributed by atoms with E-state index < -0.39 is 0 Å². The smallest absolute Gasteiger partial charge is 0.127 e. The molecular weight excluding hydrogens is 444 g/mol. The van der Waals surface area contributed by atoms with Gasteiger partial charge in [-0.3, -0.25) is 9.98 Å². The standard InChI is InChI=1S/C32H40N2O2/c1-21(2)10-12-25-14-23(5)31(35)27(16-25)19-33-29-8-7-9-30(18-29)34-20-28-17-26(13-11-22(3)4)15-24(6)32(28)36/h7-9,14-22,35-36H,10-13H2,1-6H3. The molecule has 0 atom stereocenters. The number of hydrogen-bond donors (Lipinski definition) is 2. The highest BCUT2D eigenvalue weighted by Gasteiger charge is 2.08. The lowest BCUT2D eigenvalue weighted by Crippen LogP contribution is -1.95. The van der Waals surface area contributed by atoms with Gasteiger partial charge in [-0.05, 0) is 104 Å². The number of benzene rings is 3. The molecule has 0 spiro atoms. The second-order valence-electron chi connectivity index (χ2n) is 10.6. The van der Waals surface area contributed by atoms with Crippen molar-refractivity contribution in [3.63, 3.8) is 0 Å². The summed E-state index contributed by atoms with van der Waals surface area (Å²) in [5.74, 6) is 1.80. The molecule has 0 aliphatic rings. The molecule has 3 aromatic rings. The molecule has 0 aliphatic carbocycles. The number of aromatic hydroxyl groups is 2. The van der Waals surface area contributed by atoms with Crippen molar-refractivity contribution < 1.29 is 10.2 Å². The van der Waals surface area contributed by atoms with Crippen molar-refractivity contribution in [2.75, 3.05) is 0 Å². The maximum Gasteiger partial charge on any atom is 0.127 e. The highest BCUT2D eigenvalue weighted by molar-refractivity contribution is 5.88. The number of phenolic OH excluding ortho intramolecular Hbond substituents is 2. The van der Waals surface area contributed by atoms with Crippen LogP contribution in [-0.4, -0.2) is 22.6 Å². The van der Waals surface area contributed by atoms with E-state index in [0.717, 1.165) is 59.3 Å². The largest absolute Gasteiger partial charge is 0.507 e. The van der Waals surface area contributed by atoms with Crippen molar-refractivity contribution in [1.82, 2.24) is 0 Å². The predicted molar refractivity (Wildman–Crippen MR) is 153 cm³/mol. The summed E-state index contributed by atoms with van der Waals surface area (Å²) in [6, 6.07) is 15.8. The first kappa shape index (κ1) is 27.2. The molecule has 0 saturated carbocycles. The molecule has 3 aromatic carbocycles. The predicted octanol–water partition coefficient (Wildman–Crippen LogP) is 8.39. The zero-order valence-corrected chi connectivity index (χ0v) is 22.5. The average Bonchev–Trinajstić information content (AvgIpc) is 2.83. The van der Waals surface area contributed by atoms with Gasteiger partial charge in [-0.1, -0.05) is 45.9 Å². The number of nitrogens with zero attached hydrogens (tertiary/aromatic N) is 2. The summed E-state index contributed by atoms with van der Waals surface area (Å²) < 4.78 is 0. The van der Waals surface area contributed by atoms with Gasteiger partial charge >= 0.3 is 0 Å². The van der Waals surface area contributed by atoms with Crippen molar-refractivity contribution in [1.29, 1.82) is 0 Å². The van der Waals surface area contributed by atoms with Gasteiger partial charge < -0.3 is 10.2 Å². The Kier molecular flexibility index (Phi) is 9.46. The van der Waals surface area contributed by atoms with Crippen LogP contribution in [0.25, 0.3) is 0 Å². The van der Waals surface area contributed by atoms with E-state index in [-0.39, 0.29) is 11.5 Å². The van der Waals surface area contributed by atoms with Crippen LogP contribution in [0.1, 0.15) is 73.9 Å². The van der Waals surface area contributed by atoms with Gasteiger partial charge in [-0.15, -0.1) is 0 Å². The van der Waals surface area contributed by atoms with Gasteiger partial charge in [0.1, 0.15) is 11.5 Å². The summed E-state index contributed by atoms with van der Waals surface area (Å²) in [4.78, 5) is 9.22. The average molecular weight is 485 g/mol. The second kappa shape index (κ2) is 12.5. The van der Waals surface area contributed by atoms with Crippen LogP contribution in [0, 0.1) is 25.7 Å². The monoisotopic (exact) mass is 484 g/mol. The zero-order chi connectivity index (χ0) is 26.2. The molecule has 0 amide bonds. The van der Waals surface area contributed by atoms with E-state index in [1.807, 2.05) is 50.2 Å². The normalized spacial score (nSPS) is 12.0. The Morgan fingerprint density at radius 1 is 0.667 bits per heavy atom. The highest BCUT2D eigenvalue weighted by Crippen LogP contribution is 2.27. The Balaban J connectivity index is 1.80. The van der Waals surface area contributed by atoms with Gasteiger partial charge in [0.05, 0.1) is 11.4 Å². The summed E-state index contributed by atoms with van der Waals surface area (Å²) >= 11 is 0. The molecule has 0 unspecified atom stereocenters. The third kappa shape index (κ3) is 7.81. The van der Waals surface area contributed by atoms with Crippen molar-refractivity contribution in [3.05, 3.63) is 81.9 Å². The summed E-state index contributed by atoms with van der Waals surface area (Å²) in [7, 11) is 0. The number of rotatable bonds is 10. The van der Waals surface area contributed by atoms with Gasteiger partial charge in [-0.25, -0.2) is 0 Å². The fourth-order valence-corrected chi connectivity index (χ4v) is 4.11. The Labute approximate surface area is 216 Å². The van der Waals surface area contributed by atoms with Gasteiger partial charge in [0, 0.05) is 23.6 Å². The van der Waals surface area contributed by atoms with Crippen LogP contribution in [0.2, 0.25) is 0 Å². The number of aryl methyl sites for hydroxylation is 4. The fraction of sp³-hybridized carbons (Fsp3) is 0.375. The van der Waals surface area contributed by atoms with Gasteiger partial charge in [0.25, 0.3) is 0 Å². The molecule has 0 aliphatic heterocycles. The summed E-state index contributed by atoms with van der Waals surface area (Å²) in [6.45, 7) is 12.7. The number of hydrogen-bond acceptors (Lipinski definition) is 4. The Hall–Kier alpha value is -3.40. The molecule has 190 valence electrons. The second-order valence-corrected chi connectivity index (χ2v) is 10.6. The highest BCUT2D eigenvalue weighted by atomic mass is 16.3. The minimum atomic E-state index is 0.268. The van der Waals surface area contributed by atoms with E-state index in [9.17, 15) is 10.2 Å². The number of aliphatic imine (C=N–C) groups is 2. The van der Waals surface area contributed by atoms with Crippen LogP contribution in [0.4, 0.5) is 11.4 Å². The van der Waals surface area contributed by atoms with Crippen LogP contribution in [0.15, 0.2) is 58.5 Å². The zero-order valence-electron chi connectivity index (χ0n) is 22.5. The Morgan fingerprint density at radius 3 is 1.47 bits per heavy atom. The van der Waals surface area contributed by atoms with Crippen molar-refractivity contribution in [2.45, 2.75) is 67.2 Å². The fourth-order valence-electron chi connectivity index (χ4n) is 4.11. The molecule has 0 radical (unpaired) electrons. The maximum absolute atomic E-state index is 10.5. The summed E-state index contributed by atoms with van der Waals surface area (Å²) in [5, 5.41) is 21.1. The van der Waals surface area contributed by atoms with Crippen LogP contribution in [-0.2, 0) is 12.8 Å². The minimum absolute atomic E-state index is 0.268. The van der Waals surface area contributed by atoms with E-state index in [0.29, 0.717) is 11.8 Å². The van der Waals surface area contributed by atoms with Crippen molar-refractivity contribution >= 4 is 23.8 Å². The van der Waals surface area contributed by atoms with E-state index in [1.165, 1.54) is 11.1 Å². The van der Waals surface area contributed by atoms with Crippen LogP contribution >= 0.6 is 0 Å². The van der Waals surface area contributed by atoms with Crippen LogP contribution in [0.3, 0.4) is 0 Å². The summed E-state index contributed by atoms with van der Waals surface area (Å²) in [5.41, 5.74) is 7.10. The van der Waals surface area contributed by atoms with E-state index in [2.05, 4.69) is 49.8 Å². The molecule has 3 rings (SSSR count).